The lowest BCUT2D eigenvalue weighted by atomic mass is 10.1. The zero-order chi connectivity index (χ0) is 22.4. The third-order valence-electron chi connectivity index (χ3n) is 5.35. The smallest absolute Gasteiger partial charge is 0.339 e. The van der Waals surface area contributed by atoms with Gasteiger partial charge in [-0.15, -0.1) is 11.3 Å². The van der Waals surface area contributed by atoms with E-state index in [2.05, 4.69) is 4.98 Å². The van der Waals surface area contributed by atoms with Gasteiger partial charge in [-0.2, -0.15) is 0 Å². The lowest BCUT2D eigenvalue weighted by molar-refractivity contribution is 0.0602. The Balaban J connectivity index is 2.04. The normalized spacial score (nSPS) is 11.7. The fourth-order valence-corrected chi connectivity index (χ4v) is 5.16. The molecule has 0 N–H and O–H groups in total. The maximum absolute atomic E-state index is 13.1. The van der Waals surface area contributed by atoms with E-state index in [-0.39, 0.29) is 22.6 Å². The Morgan fingerprint density at radius 2 is 2.00 bits per heavy atom. The average molecular weight is 441 g/mol. The molecule has 0 aliphatic carbocycles. The molecule has 0 saturated carbocycles. The van der Waals surface area contributed by atoms with Gasteiger partial charge in [0.15, 0.2) is 0 Å². The van der Waals surface area contributed by atoms with E-state index < -0.39 is 11.5 Å². The lowest BCUT2D eigenvalue weighted by Crippen LogP contribution is -2.38. The molecule has 8 nitrogen and oxygen atoms in total. The first-order chi connectivity index (χ1) is 14.7. The summed E-state index contributed by atoms with van der Waals surface area (Å²) in [5.41, 5.74) is 1.11. The molecule has 0 spiro atoms. The van der Waals surface area contributed by atoms with Crippen LogP contribution >= 0.6 is 11.3 Å². The molecule has 0 radical (unpaired) electrons. The van der Waals surface area contributed by atoms with Crippen LogP contribution in [0.15, 0.2) is 34.0 Å². The molecule has 0 amide bonds. The van der Waals surface area contributed by atoms with Crippen LogP contribution < -0.4 is 11.2 Å². The molecule has 4 rings (SSSR count). The van der Waals surface area contributed by atoms with Gasteiger partial charge in [-0.3, -0.25) is 13.9 Å². The minimum Gasteiger partial charge on any atom is -0.465 e. The van der Waals surface area contributed by atoms with Gasteiger partial charge in [0.1, 0.15) is 10.5 Å². The molecule has 0 atom stereocenters. The number of aryl methyl sites for hydroxylation is 1. The molecule has 0 saturated heterocycles. The zero-order valence-electron chi connectivity index (χ0n) is 18.1. The van der Waals surface area contributed by atoms with E-state index in [4.69, 9.17) is 4.74 Å². The third-order valence-corrected chi connectivity index (χ3v) is 6.54. The van der Waals surface area contributed by atoms with Crippen LogP contribution in [0.2, 0.25) is 0 Å². The molecule has 162 valence electrons. The number of hydrogen-bond acceptors (Lipinski definition) is 6. The maximum atomic E-state index is 13.1. The van der Waals surface area contributed by atoms with Crippen LogP contribution in [0, 0.1) is 12.8 Å². The predicted octanol–water partition coefficient (Wildman–Crippen LogP) is 2.91. The van der Waals surface area contributed by atoms with Crippen molar-refractivity contribution in [2.45, 2.75) is 33.9 Å². The summed E-state index contributed by atoms with van der Waals surface area (Å²) in [4.78, 5) is 44.3. The van der Waals surface area contributed by atoms with Crippen molar-refractivity contribution < 1.29 is 9.53 Å². The van der Waals surface area contributed by atoms with Crippen molar-refractivity contribution in [1.29, 1.82) is 0 Å². The van der Waals surface area contributed by atoms with Crippen molar-refractivity contribution in [3.8, 4) is 0 Å². The fraction of sp³-hybridized carbons (Fsp3) is 0.364. The van der Waals surface area contributed by atoms with Crippen LogP contribution in [0.3, 0.4) is 0 Å². The van der Waals surface area contributed by atoms with Gasteiger partial charge in [0, 0.05) is 35.7 Å². The van der Waals surface area contributed by atoms with Crippen LogP contribution in [-0.4, -0.2) is 31.8 Å². The molecule has 0 aromatic carbocycles. The van der Waals surface area contributed by atoms with Gasteiger partial charge in [0.05, 0.1) is 24.6 Å². The molecule has 0 aliphatic rings. The highest BCUT2D eigenvalue weighted by Crippen LogP contribution is 2.31. The number of hydrogen-bond donors (Lipinski definition) is 0. The summed E-state index contributed by atoms with van der Waals surface area (Å²) in [7, 11) is 2.73. The molecular weight excluding hydrogens is 416 g/mol. The second-order valence-electron chi connectivity index (χ2n) is 8.01. The number of esters is 1. The summed E-state index contributed by atoms with van der Waals surface area (Å²) in [6.07, 6.45) is 1.72. The van der Waals surface area contributed by atoms with Gasteiger partial charge in [0.25, 0.3) is 5.56 Å². The van der Waals surface area contributed by atoms with Crippen LogP contribution in [0.5, 0.6) is 0 Å². The van der Waals surface area contributed by atoms with Crippen molar-refractivity contribution in [3.05, 3.63) is 61.4 Å². The van der Waals surface area contributed by atoms with E-state index in [1.54, 1.807) is 10.8 Å². The predicted molar refractivity (Wildman–Crippen MR) is 121 cm³/mol. The van der Waals surface area contributed by atoms with E-state index in [1.165, 1.54) is 25.5 Å². The molecule has 0 unspecified atom stereocenters. The second kappa shape index (κ2) is 7.81. The van der Waals surface area contributed by atoms with Crippen molar-refractivity contribution in [3.63, 3.8) is 0 Å². The maximum Gasteiger partial charge on any atom is 0.339 e. The average Bonchev–Trinajstić information content (AvgIpc) is 3.27. The van der Waals surface area contributed by atoms with E-state index in [9.17, 15) is 14.4 Å². The molecule has 0 bridgehead atoms. The molecule has 0 aliphatic heterocycles. The summed E-state index contributed by atoms with van der Waals surface area (Å²) in [6.45, 7) is 6.76. The number of thiophene rings is 1. The molecule has 0 fully saturated rings. The molecule has 4 aromatic heterocycles. The number of pyridine rings is 1. The standard InChI is InChI=1S/C22H24N4O4S/c1-12(2)10-26-20-17(19(27)24(4)22(26)29)16(21(28)30-5)15(31-20)11-25-13(3)9-14-7-6-8-23-18(14)25/h6-9,12H,10-11H2,1-5H3. The van der Waals surface area contributed by atoms with Crippen LogP contribution in [-0.2, 0) is 24.9 Å². The van der Waals surface area contributed by atoms with Gasteiger partial charge in [0.2, 0.25) is 0 Å². The Kier molecular flexibility index (Phi) is 5.30. The second-order valence-corrected chi connectivity index (χ2v) is 9.09. The zero-order valence-corrected chi connectivity index (χ0v) is 18.9. The van der Waals surface area contributed by atoms with E-state index >= 15 is 0 Å². The Morgan fingerprint density at radius 1 is 1.26 bits per heavy atom. The van der Waals surface area contributed by atoms with E-state index in [0.717, 1.165) is 21.3 Å². The van der Waals surface area contributed by atoms with E-state index in [1.807, 2.05) is 43.5 Å². The number of aromatic nitrogens is 4. The molecular formula is C22H24N4O4S. The van der Waals surface area contributed by atoms with Gasteiger partial charge in [-0.25, -0.2) is 14.6 Å². The van der Waals surface area contributed by atoms with Crippen molar-refractivity contribution >= 4 is 38.6 Å². The first-order valence-corrected chi connectivity index (χ1v) is 10.8. The number of nitrogens with zero attached hydrogens (tertiary/aromatic N) is 4. The minimum absolute atomic E-state index is 0.186. The Morgan fingerprint density at radius 3 is 2.68 bits per heavy atom. The number of ether oxygens (including phenoxy) is 1. The Bertz CT molecular complexity index is 1440. The quantitative estimate of drug-likeness (QED) is 0.445. The number of fused-ring (bicyclic) bond motifs is 2. The van der Waals surface area contributed by atoms with Crippen LogP contribution in [0.4, 0.5) is 0 Å². The monoisotopic (exact) mass is 440 g/mol. The highest BCUT2D eigenvalue weighted by Gasteiger charge is 2.27. The number of rotatable bonds is 5. The molecule has 4 heterocycles. The summed E-state index contributed by atoms with van der Waals surface area (Å²) in [5.74, 6) is -0.402. The third kappa shape index (κ3) is 3.38. The number of methoxy groups -OCH3 is 1. The van der Waals surface area contributed by atoms with E-state index in [0.29, 0.717) is 22.8 Å². The van der Waals surface area contributed by atoms with Crippen molar-refractivity contribution in [2.24, 2.45) is 13.0 Å². The highest BCUT2D eigenvalue weighted by molar-refractivity contribution is 7.19. The Hall–Kier alpha value is -3.20. The SMILES string of the molecule is COC(=O)c1c(Cn2c(C)cc3cccnc32)sc2c1c(=O)n(C)c(=O)n2CC(C)C. The topological polar surface area (TPSA) is 88.1 Å². The van der Waals surface area contributed by atoms with Crippen LogP contribution in [0.25, 0.3) is 21.3 Å². The van der Waals surface area contributed by atoms with Crippen LogP contribution in [0.1, 0.15) is 34.8 Å². The van der Waals surface area contributed by atoms with Gasteiger partial charge < -0.3 is 9.30 Å². The van der Waals surface area contributed by atoms with Crippen molar-refractivity contribution in [1.82, 2.24) is 18.7 Å². The van der Waals surface area contributed by atoms with Gasteiger partial charge in [-0.1, -0.05) is 13.8 Å². The molecule has 4 aromatic rings. The largest absolute Gasteiger partial charge is 0.465 e. The summed E-state index contributed by atoms with van der Waals surface area (Å²) < 4.78 is 9.68. The Labute approximate surface area is 182 Å². The fourth-order valence-electron chi connectivity index (χ4n) is 3.89. The molecule has 9 heteroatoms. The van der Waals surface area contributed by atoms with Gasteiger partial charge >= 0.3 is 11.7 Å². The first-order valence-electron chi connectivity index (χ1n) is 9.99. The lowest BCUT2D eigenvalue weighted by Gasteiger charge is -2.11. The number of carbonyl (C=O) groups is 1. The first kappa shape index (κ1) is 21.0. The highest BCUT2D eigenvalue weighted by atomic mass is 32.1. The summed E-state index contributed by atoms with van der Waals surface area (Å²) >= 11 is 1.29. The van der Waals surface area contributed by atoms with Gasteiger partial charge in [-0.05, 0) is 31.0 Å². The molecule has 31 heavy (non-hydrogen) atoms. The number of carbonyl (C=O) groups excluding carboxylic acids is 1. The van der Waals surface area contributed by atoms with Crippen molar-refractivity contribution in [2.75, 3.05) is 7.11 Å². The summed E-state index contributed by atoms with van der Waals surface area (Å²) in [5, 5.41) is 1.23. The minimum atomic E-state index is -0.588. The summed E-state index contributed by atoms with van der Waals surface area (Å²) in [6, 6.07) is 5.88.